The van der Waals surface area contributed by atoms with Gasteiger partial charge in [0, 0.05) is 31.4 Å². The first-order valence-electron chi connectivity index (χ1n) is 8.95. The Labute approximate surface area is 142 Å². The molecule has 1 aromatic heterocycles. The molecule has 1 aliphatic carbocycles. The number of anilines is 1. The Bertz CT molecular complexity index is 550. The van der Waals surface area contributed by atoms with Crippen LogP contribution >= 0.6 is 0 Å². The van der Waals surface area contributed by atoms with E-state index in [0.717, 1.165) is 38.8 Å². The summed E-state index contributed by atoms with van der Waals surface area (Å²) in [7, 11) is 0. The van der Waals surface area contributed by atoms with Gasteiger partial charge >= 0.3 is 5.97 Å². The van der Waals surface area contributed by atoms with Crippen LogP contribution in [0.15, 0.2) is 18.5 Å². The molecular formula is C18H25N3O3. The van der Waals surface area contributed by atoms with Crippen LogP contribution in [0.3, 0.4) is 0 Å². The van der Waals surface area contributed by atoms with E-state index >= 15 is 0 Å². The SMILES string of the molecule is O=C(COC(=O)C1CCN(c2ncccn2)CC1)C1CCCCC1. The second kappa shape index (κ2) is 8.22. The van der Waals surface area contributed by atoms with E-state index in [9.17, 15) is 9.59 Å². The normalized spacial score (nSPS) is 19.9. The van der Waals surface area contributed by atoms with Crippen molar-refractivity contribution >= 4 is 17.7 Å². The summed E-state index contributed by atoms with van der Waals surface area (Å²) in [6.07, 6.45) is 10.2. The van der Waals surface area contributed by atoms with Crippen LogP contribution < -0.4 is 4.90 Å². The molecule has 1 saturated carbocycles. The minimum Gasteiger partial charge on any atom is -0.457 e. The topological polar surface area (TPSA) is 72.4 Å². The lowest BCUT2D eigenvalue weighted by atomic mass is 9.86. The van der Waals surface area contributed by atoms with Crippen molar-refractivity contribution in [1.29, 1.82) is 0 Å². The molecule has 0 N–H and O–H groups in total. The highest BCUT2D eigenvalue weighted by Crippen LogP contribution is 2.25. The average molecular weight is 331 g/mol. The molecule has 2 aliphatic rings. The van der Waals surface area contributed by atoms with Crippen LogP contribution in [-0.4, -0.2) is 41.4 Å². The third-order valence-corrected chi connectivity index (χ3v) is 5.08. The van der Waals surface area contributed by atoms with Gasteiger partial charge in [0.2, 0.25) is 5.95 Å². The number of esters is 1. The Morgan fingerprint density at radius 2 is 1.67 bits per heavy atom. The molecule has 0 aromatic carbocycles. The first-order valence-corrected chi connectivity index (χ1v) is 8.95. The van der Waals surface area contributed by atoms with Gasteiger partial charge in [0.1, 0.15) is 6.61 Å². The first kappa shape index (κ1) is 16.9. The Kier molecular flexibility index (Phi) is 5.77. The highest BCUT2D eigenvalue weighted by molar-refractivity contribution is 5.85. The molecule has 0 atom stereocenters. The zero-order valence-electron chi connectivity index (χ0n) is 14.0. The maximum absolute atomic E-state index is 12.2. The number of Topliss-reactive ketones (excluding diaryl/α,β-unsaturated/α-hetero) is 1. The molecule has 1 aromatic rings. The monoisotopic (exact) mass is 331 g/mol. The van der Waals surface area contributed by atoms with Crippen LogP contribution in [-0.2, 0) is 14.3 Å². The van der Waals surface area contributed by atoms with Gasteiger partial charge in [0.15, 0.2) is 5.78 Å². The number of carbonyl (C=O) groups is 2. The number of carbonyl (C=O) groups excluding carboxylic acids is 2. The molecule has 3 rings (SSSR count). The molecule has 0 spiro atoms. The summed E-state index contributed by atoms with van der Waals surface area (Å²) in [5.74, 6) is 0.551. The first-order chi connectivity index (χ1) is 11.7. The van der Waals surface area contributed by atoms with Crippen molar-refractivity contribution in [3.05, 3.63) is 18.5 Å². The summed E-state index contributed by atoms with van der Waals surface area (Å²) >= 11 is 0. The van der Waals surface area contributed by atoms with E-state index in [-0.39, 0.29) is 30.2 Å². The van der Waals surface area contributed by atoms with Crippen LogP contribution in [0, 0.1) is 11.8 Å². The molecule has 6 nitrogen and oxygen atoms in total. The van der Waals surface area contributed by atoms with Crippen LogP contribution in [0.5, 0.6) is 0 Å². The van der Waals surface area contributed by atoms with Crippen molar-refractivity contribution in [1.82, 2.24) is 9.97 Å². The summed E-state index contributed by atoms with van der Waals surface area (Å²) in [6.45, 7) is 1.42. The Morgan fingerprint density at radius 1 is 1.00 bits per heavy atom. The van der Waals surface area contributed by atoms with Gasteiger partial charge in [-0.05, 0) is 31.7 Å². The van der Waals surface area contributed by atoms with E-state index in [1.165, 1.54) is 6.42 Å². The average Bonchev–Trinajstić information content (AvgIpc) is 2.67. The summed E-state index contributed by atoms with van der Waals surface area (Å²) < 4.78 is 5.30. The van der Waals surface area contributed by atoms with Crippen molar-refractivity contribution < 1.29 is 14.3 Å². The fraction of sp³-hybridized carbons (Fsp3) is 0.667. The number of hydrogen-bond donors (Lipinski definition) is 0. The molecule has 0 amide bonds. The van der Waals surface area contributed by atoms with E-state index in [4.69, 9.17) is 4.74 Å². The summed E-state index contributed by atoms with van der Waals surface area (Å²) in [6, 6.07) is 1.79. The number of aromatic nitrogens is 2. The maximum Gasteiger partial charge on any atom is 0.309 e. The zero-order chi connectivity index (χ0) is 16.8. The molecule has 2 heterocycles. The zero-order valence-corrected chi connectivity index (χ0v) is 14.0. The van der Waals surface area contributed by atoms with Crippen molar-refractivity contribution in [3.63, 3.8) is 0 Å². The van der Waals surface area contributed by atoms with E-state index in [0.29, 0.717) is 18.8 Å². The predicted molar refractivity (Wildman–Crippen MR) is 89.5 cm³/mol. The largest absolute Gasteiger partial charge is 0.457 e. The van der Waals surface area contributed by atoms with Gasteiger partial charge in [-0.25, -0.2) is 9.97 Å². The van der Waals surface area contributed by atoms with Gasteiger partial charge in [-0.2, -0.15) is 0 Å². The third kappa shape index (κ3) is 4.30. The minimum absolute atomic E-state index is 0.0501. The molecule has 0 unspecified atom stereocenters. The van der Waals surface area contributed by atoms with E-state index in [1.54, 1.807) is 18.5 Å². The van der Waals surface area contributed by atoms with Gasteiger partial charge in [0.25, 0.3) is 0 Å². The second-order valence-corrected chi connectivity index (χ2v) is 6.72. The van der Waals surface area contributed by atoms with Crippen LogP contribution in [0.2, 0.25) is 0 Å². The van der Waals surface area contributed by atoms with Crippen LogP contribution in [0.1, 0.15) is 44.9 Å². The number of rotatable bonds is 5. The third-order valence-electron chi connectivity index (χ3n) is 5.08. The van der Waals surface area contributed by atoms with Gasteiger partial charge in [-0.1, -0.05) is 19.3 Å². The highest BCUT2D eigenvalue weighted by Gasteiger charge is 2.28. The molecule has 2 fully saturated rings. The molecule has 0 bridgehead atoms. The fourth-order valence-corrected chi connectivity index (χ4v) is 3.57. The summed E-state index contributed by atoms with van der Waals surface area (Å²) in [4.78, 5) is 34.9. The van der Waals surface area contributed by atoms with E-state index < -0.39 is 0 Å². The molecule has 0 radical (unpaired) electrons. The number of nitrogens with zero attached hydrogens (tertiary/aromatic N) is 3. The minimum atomic E-state index is -0.229. The number of ketones is 1. The van der Waals surface area contributed by atoms with Crippen molar-refractivity contribution in [3.8, 4) is 0 Å². The highest BCUT2D eigenvalue weighted by atomic mass is 16.5. The van der Waals surface area contributed by atoms with Gasteiger partial charge in [0.05, 0.1) is 5.92 Å². The van der Waals surface area contributed by atoms with Gasteiger partial charge in [-0.15, -0.1) is 0 Å². The molecule has 6 heteroatoms. The van der Waals surface area contributed by atoms with Crippen LogP contribution in [0.4, 0.5) is 5.95 Å². The lowest BCUT2D eigenvalue weighted by molar-refractivity contribution is -0.153. The van der Waals surface area contributed by atoms with Crippen molar-refractivity contribution in [2.75, 3.05) is 24.6 Å². The van der Waals surface area contributed by atoms with Crippen molar-refractivity contribution in [2.45, 2.75) is 44.9 Å². The lowest BCUT2D eigenvalue weighted by Crippen LogP contribution is -2.38. The van der Waals surface area contributed by atoms with E-state index in [2.05, 4.69) is 14.9 Å². The predicted octanol–water partition coefficient (Wildman–Crippen LogP) is 2.39. The van der Waals surface area contributed by atoms with Gasteiger partial charge in [-0.3, -0.25) is 9.59 Å². The van der Waals surface area contributed by atoms with Crippen LogP contribution in [0.25, 0.3) is 0 Å². The van der Waals surface area contributed by atoms with Gasteiger partial charge < -0.3 is 9.64 Å². The fourth-order valence-electron chi connectivity index (χ4n) is 3.57. The summed E-state index contributed by atoms with van der Waals surface area (Å²) in [5.41, 5.74) is 0. The number of hydrogen-bond acceptors (Lipinski definition) is 6. The number of piperidine rings is 1. The molecule has 24 heavy (non-hydrogen) atoms. The van der Waals surface area contributed by atoms with E-state index in [1.807, 2.05) is 0 Å². The van der Waals surface area contributed by atoms with Crippen molar-refractivity contribution in [2.24, 2.45) is 11.8 Å². The summed E-state index contributed by atoms with van der Waals surface area (Å²) in [5, 5.41) is 0. The second-order valence-electron chi connectivity index (χ2n) is 6.72. The number of ether oxygens (including phenoxy) is 1. The Morgan fingerprint density at radius 3 is 2.33 bits per heavy atom. The lowest BCUT2D eigenvalue weighted by Gasteiger charge is -2.30. The standard InChI is InChI=1S/C18H25N3O3/c22-16(14-5-2-1-3-6-14)13-24-17(23)15-7-11-21(12-8-15)18-19-9-4-10-20-18/h4,9-10,14-15H,1-3,5-8,11-13H2. The molecule has 1 aliphatic heterocycles. The Hall–Kier alpha value is -1.98. The molecule has 130 valence electrons. The Balaban J connectivity index is 1.41. The smallest absolute Gasteiger partial charge is 0.309 e. The quantitative estimate of drug-likeness (QED) is 0.772. The molecule has 1 saturated heterocycles. The molecular weight excluding hydrogens is 306 g/mol. The maximum atomic E-state index is 12.2.